The van der Waals surface area contributed by atoms with Gasteiger partial charge in [0.25, 0.3) is 0 Å². The van der Waals surface area contributed by atoms with Crippen LogP contribution in [-0.4, -0.2) is 46.1 Å². The van der Waals surface area contributed by atoms with Crippen molar-refractivity contribution in [3.05, 3.63) is 30.1 Å². The Labute approximate surface area is 150 Å². The molecule has 138 valence electrons. The van der Waals surface area contributed by atoms with E-state index in [4.69, 9.17) is 0 Å². The summed E-state index contributed by atoms with van der Waals surface area (Å²) in [7, 11) is 0. The van der Waals surface area contributed by atoms with Crippen LogP contribution >= 0.6 is 0 Å². The summed E-state index contributed by atoms with van der Waals surface area (Å²) in [5.74, 6) is 2.40. The number of amides is 1. The first-order chi connectivity index (χ1) is 12.1. The summed E-state index contributed by atoms with van der Waals surface area (Å²) >= 11 is 0. The van der Waals surface area contributed by atoms with Crippen molar-refractivity contribution in [3.8, 4) is 0 Å². The number of fused-ring (bicyclic) bond motifs is 2. The highest BCUT2D eigenvalue weighted by Gasteiger charge is 2.42. The Bertz CT molecular complexity index is 565. The summed E-state index contributed by atoms with van der Waals surface area (Å²) in [4.78, 5) is 18.9. The smallest absolute Gasteiger partial charge is 0.237 e. The number of nitrogens with zero attached hydrogens (tertiary/aromatic N) is 2. The molecule has 2 aliphatic rings. The summed E-state index contributed by atoms with van der Waals surface area (Å²) in [6.45, 7) is 5.22. The molecule has 0 aromatic carbocycles. The van der Waals surface area contributed by atoms with Gasteiger partial charge < -0.3 is 10.4 Å². The molecule has 2 aliphatic carbocycles. The molecule has 5 heteroatoms. The number of rotatable bonds is 8. The molecule has 1 aromatic heterocycles. The van der Waals surface area contributed by atoms with E-state index in [9.17, 15) is 9.90 Å². The van der Waals surface area contributed by atoms with Gasteiger partial charge in [-0.2, -0.15) is 0 Å². The highest BCUT2D eigenvalue weighted by atomic mass is 16.3. The van der Waals surface area contributed by atoms with Gasteiger partial charge in [-0.15, -0.1) is 0 Å². The van der Waals surface area contributed by atoms with Gasteiger partial charge in [-0.25, -0.2) is 0 Å². The monoisotopic (exact) mass is 345 g/mol. The Morgan fingerprint density at radius 1 is 1.40 bits per heavy atom. The van der Waals surface area contributed by atoms with Crippen molar-refractivity contribution < 1.29 is 9.90 Å². The zero-order valence-corrected chi connectivity index (χ0v) is 15.4. The molecule has 0 saturated heterocycles. The Kier molecular flexibility index (Phi) is 6.07. The van der Waals surface area contributed by atoms with Crippen molar-refractivity contribution in [2.45, 2.75) is 58.2 Å². The molecule has 25 heavy (non-hydrogen) atoms. The average molecular weight is 345 g/mol. The molecular weight excluding hydrogens is 314 g/mol. The van der Waals surface area contributed by atoms with Crippen molar-refractivity contribution in [1.82, 2.24) is 15.2 Å². The summed E-state index contributed by atoms with van der Waals surface area (Å²) in [5.41, 5.74) is 1.05. The van der Waals surface area contributed by atoms with Crippen LogP contribution in [0.25, 0.3) is 0 Å². The minimum atomic E-state index is -0.270. The predicted octanol–water partition coefficient (Wildman–Crippen LogP) is 2.21. The Morgan fingerprint density at radius 2 is 2.24 bits per heavy atom. The van der Waals surface area contributed by atoms with E-state index in [1.165, 1.54) is 25.7 Å². The van der Waals surface area contributed by atoms with Gasteiger partial charge in [-0.1, -0.05) is 12.5 Å². The van der Waals surface area contributed by atoms with Gasteiger partial charge >= 0.3 is 0 Å². The van der Waals surface area contributed by atoms with Gasteiger partial charge in [0.05, 0.1) is 12.6 Å². The predicted molar refractivity (Wildman–Crippen MR) is 97.7 cm³/mol. The third-order valence-corrected chi connectivity index (χ3v) is 6.23. The molecule has 1 amide bonds. The van der Waals surface area contributed by atoms with Crippen molar-refractivity contribution in [2.75, 3.05) is 13.2 Å². The van der Waals surface area contributed by atoms with Crippen LogP contribution in [0.3, 0.4) is 0 Å². The lowest BCUT2D eigenvalue weighted by Gasteiger charge is -2.32. The Morgan fingerprint density at radius 3 is 2.84 bits per heavy atom. The number of nitrogens with one attached hydrogen (secondary N) is 1. The molecule has 0 spiro atoms. The van der Waals surface area contributed by atoms with Gasteiger partial charge in [0, 0.05) is 31.5 Å². The molecule has 0 aliphatic heterocycles. The van der Waals surface area contributed by atoms with E-state index in [1.54, 1.807) is 6.20 Å². The molecule has 1 aromatic rings. The fraction of sp³-hybridized carbons (Fsp3) is 0.700. The summed E-state index contributed by atoms with van der Waals surface area (Å²) in [6.07, 6.45) is 8.91. The SMILES string of the molecule is CC(NC(=O)C(C)N(CCO)Cc1cccnc1)C1CC2CCC1C2. The van der Waals surface area contributed by atoms with E-state index in [0.29, 0.717) is 19.0 Å². The van der Waals surface area contributed by atoms with Gasteiger partial charge in [-0.3, -0.25) is 14.7 Å². The van der Waals surface area contributed by atoms with Crippen molar-refractivity contribution in [2.24, 2.45) is 17.8 Å². The first-order valence-corrected chi connectivity index (χ1v) is 9.62. The van der Waals surface area contributed by atoms with Gasteiger partial charge in [0.1, 0.15) is 0 Å². The largest absolute Gasteiger partial charge is 0.395 e. The highest BCUT2D eigenvalue weighted by Crippen LogP contribution is 2.49. The standard InChI is InChI=1S/C20H31N3O2/c1-14(19-11-16-5-6-18(19)10-16)22-20(25)15(2)23(8-9-24)13-17-4-3-7-21-12-17/h3-4,7,12,14-16,18-19,24H,5-6,8-11,13H2,1-2H3,(H,22,25). The van der Waals surface area contributed by atoms with Crippen molar-refractivity contribution in [1.29, 1.82) is 0 Å². The third-order valence-electron chi connectivity index (χ3n) is 6.23. The fourth-order valence-electron chi connectivity index (χ4n) is 4.79. The lowest BCUT2D eigenvalue weighted by atomic mass is 9.84. The van der Waals surface area contributed by atoms with Crippen molar-refractivity contribution in [3.63, 3.8) is 0 Å². The molecular formula is C20H31N3O2. The number of carbonyl (C=O) groups excluding carboxylic acids is 1. The Balaban J connectivity index is 1.57. The Hall–Kier alpha value is -1.46. The van der Waals surface area contributed by atoms with E-state index < -0.39 is 0 Å². The normalized spacial score (nSPS) is 27.4. The molecule has 3 rings (SSSR count). The summed E-state index contributed by atoms with van der Waals surface area (Å²) in [6, 6.07) is 3.86. The fourth-order valence-corrected chi connectivity index (χ4v) is 4.79. The van der Waals surface area contributed by atoms with Gasteiger partial charge in [-0.05, 0) is 62.5 Å². The van der Waals surface area contributed by atoms with Gasteiger partial charge in [0.15, 0.2) is 0 Å². The average Bonchev–Trinajstić information content (AvgIpc) is 3.25. The lowest BCUT2D eigenvalue weighted by molar-refractivity contribution is -0.127. The van der Waals surface area contributed by atoms with E-state index in [0.717, 1.165) is 17.4 Å². The molecule has 0 radical (unpaired) electrons. The van der Waals surface area contributed by atoms with Crippen LogP contribution in [0, 0.1) is 17.8 Å². The first-order valence-electron chi connectivity index (χ1n) is 9.62. The second-order valence-electron chi connectivity index (χ2n) is 7.87. The summed E-state index contributed by atoms with van der Waals surface area (Å²) < 4.78 is 0. The second kappa shape index (κ2) is 8.28. The second-order valence-corrected chi connectivity index (χ2v) is 7.87. The highest BCUT2D eigenvalue weighted by molar-refractivity contribution is 5.81. The zero-order chi connectivity index (χ0) is 17.8. The van der Waals surface area contributed by atoms with Crippen LogP contribution in [0.15, 0.2) is 24.5 Å². The van der Waals surface area contributed by atoms with E-state index in [-0.39, 0.29) is 24.6 Å². The van der Waals surface area contributed by atoms with Crippen LogP contribution in [0.2, 0.25) is 0 Å². The number of aliphatic hydroxyl groups is 1. The molecule has 2 fully saturated rings. The van der Waals surface area contributed by atoms with Crippen LogP contribution in [0.5, 0.6) is 0 Å². The van der Waals surface area contributed by atoms with Crippen molar-refractivity contribution >= 4 is 5.91 Å². The topological polar surface area (TPSA) is 65.5 Å². The molecule has 5 nitrogen and oxygen atoms in total. The molecule has 5 atom stereocenters. The quantitative estimate of drug-likeness (QED) is 0.758. The molecule has 2 N–H and O–H groups in total. The molecule has 2 bridgehead atoms. The maximum Gasteiger partial charge on any atom is 0.237 e. The number of aromatic nitrogens is 1. The summed E-state index contributed by atoms with van der Waals surface area (Å²) in [5, 5.41) is 12.6. The van der Waals surface area contributed by atoms with Gasteiger partial charge in [0.2, 0.25) is 5.91 Å². The number of aliphatic hydroxyl groups excluding tert-OH is 1. The number of pyridine rings is 1. The van der Waals surface area contributed by atoms with Crippen LogP contribution in [-0.2, 0) is 11.3 Å². The molecule has 2 saturated carbocycles. The first kappa shape index (κ1) is 18.3. The minimum absolute atomic E-state index is 0.0415. The molecule has 5 unspecified atom stereocenters. The molecule has 1 heterocycles. The minimum Gasteiger partial charge on any atom is -0.395 e. The van der Waals surface area contributed by atoms with Crippen LogP contribution in [0.1, 0.15) is 45.1 Å². The van der Waals surface area contributed by atoms with Crippen LogP contribution in [0.4, 0.5) is 0 Å². The van der Waals surface area contributed by atoms with E-state index in [2.05, 4.69) is 17.2 Å². The number of hydrogen-bond donors (Lipinski definition) is 2. The lowest BCUT2D eigenvalue weighted by Crippen LogP contribution is -2.50. The van der Waals surface area contributed by atoms with E-state index in [1.807, 2.05) is 30.2 Å². The maximum atomic E-state index is 12.8. The maximum absolute atomic E-state index is 12.8. The number of hydrogen-bond acceptors (Lipinski definition) is 4. The third kappa shape index (κ3) is 4.39. The zero-order valence-electron chi connectivity index (χ0n) is 15.4. The number of carbonyl (C=O) groups is 1. The van der Waals surface area contributed by atoms with E-state index >= 15 is 0 Å². The van der Waals surface area contributed by atoms with Crippen LogP contribution < -0.4 is 5.32 Å².